The summed E-state index contributed by atoms with van der Waals surface area (Å²) in [7, 11) is -4.79. The number of unbranched alkanes of at least 4 members (excludes halogenated alkanes) is 5. The Kier molecular flexibility index (Phi) is 50.8. The molecule has 414 valence electrons. The molecule has 74 heavy (non-hydrogen) atoms. The van der Waals surface area contributed by atoms with Gasteiger partial charge in [-0.3, -0.25) is 23.4 Å². The molecule has 0 aliphatic carbocycles. The van der Waals surface area contributed by atoms with Gasteiger partial charge in [0.2, 0.25) is 0 Å². The van der Waals surface area contributed by atoms with E-state index in [9.17, 15) is 28.9 Å². The first kappa shape index (κ1) is 69.1. The summed E-state index contributed by atoms with van der Waals surface area (Å²) in [4.78, 5) is 48.4. The molecule has 0 aromatic carbocycles. The highest BCUT2D eigenvalue weighted by molar-refractivity contribution is 7.47. The lowest BCUT2D eigenvalue weighted by Crippen LogP contribution is -2.30. The molecule has 0 spiro atoms. The third-order valence-electron chi connectivity index (χ3n) is 10.4. The highest BCUT2D eigenvalue weighted by Crippen LogP contribution is 2.43. The van der Waals surface area contributed by atoms with Crippen molar-refractivity contribution in [2.45, 2.75) is 187 Å². The molecule has 0 amide bonds. The van der Waals surface area contributed by atoms with Gasteiger partial charge in [0.05, 0.1) is 19.8 Å². The maximum absolute atomic E-state index is 12.9. The SMILES string of the molecule is CC/C=C\C/C=C\C/C=C\C/C=C\C/C=C\CCCC(=O)OCC(COP(=O)(O)OCC(CO)OC(=O)CCCC/C=C\C/C=C\C/C=C\C/C=C\CC)OC(=O)CCCC/C=C\C/C=C\C/C=C\C/C=C\CC. The topological polar surface area (TPSA) is 155 Å². The zero-order valence-corrected chi connectivity index (χ0v) is 46.4. The number of allylic oxidation sites excluding steroid dienone is 26. The van der Waals surface area contributed by atoms with Gasteiger partial charge < -0.3 is 24.2 Å². The van der Waals surface area contributed by atoms with Crippen LogP contribution in [0, 0.1) is 0 Å². The number of phosphoric ester groups is 1. The molecule has 11 nitrogen and oxygen atoms in total. The second kappa shape index (κ2) is 54.4. The van der Waals surface area contributed by atoms with E-state index in [2.05, 4.69) is 167 Å². The number of aliphatic hydroxyl groups excluding tert-OH is 1. The van der Waals surface area contributed by atoms with E-state index in [0.29, 0.717) is 25.7 Å². The fourth-order valence-electron chi connectivity index (χ4n) is 6.37. The lowest BCUT2D eigenvalue weighted by molar-refractivity contribution is -0.161. The van der Waals surface area contributed by atoms with Gasteiger partial charge in [-0.05, 0) is 135 Å². The summed E-state index contributed by atoms with van der Waals surface area (Å²) in [6.45, 7) is 4.10. The summed E-state index contributed by atoms with van der Waals surface area (Å²) >= 11 is 0. The number of aliphatic hydroxyl groups is 1. The molecular weight excluding hydrogens is 952 g/mol. The molecule has 12 heteroatoms. The van der Waals surface area contributed by atoms with Crippen LogP contribution in [0.15, 0.2) is 158 Å². The Morgan fingerprint density at radius 2 is 0.662 bits per heavy atom. The molecule has 0 heterocycles. The first-order valence-electron chi connectivity index (χ1n) is 27.4. The monoisotopic (exact) mass is 1050 g/mol. The van der Waals surface area contributed by atoms with Crippen LogP contribution in [-0.4, -0.2) is 66.5 Å². The van der Waals surface area contributed by atoms with Gasteiger partial charge in [-0.25, -0.2) is 4.57 Å². The van der Waals surface area contributed by atoms with Crippen LogP contribution >= 0.6 is 7.82 Å². The number of carbonyl (C=O) groups is 3. The van der Waals surface area contributed by atoms with E-state index in [0.717, 1.165) is 109 Å². The molecule has 0 aromatic heterocycles. The Hall–Kier alpha value is -4.90. The number of phosphoric acid groups is 1. The minimum Gasteiger partial charge on any atom is -0.462 e. The lowest BCUT2D eigenvalue weighted by atomic mass is 10.2. The van der Waals surface area contributed by atoms with Crippen LogP contribution < -0.4 is 0 Å². The zero-order valence-electron chi connectivity index (χ0n) is 45.5. The summed E-state index contributed by atoms with van der Waals surface area (Å²) in [6, 6.07) is 0. The van der Waals surface area contributed by atoms with Crippen molar-refractivity contribution in [3.63, 3.8) is 0 Å². The van der Waals surface area contributed by atoms with Crippen molar-refractivity contribution in [1.29, 1.82) is 0 Å². The van der Waals surface area contributed by atoms with Crippen LogP contribution in [-0.2, 0) is 42.2 Å². The zero-order chi connectivity index (χ0) is 54.1. The minimum atomic E-state index is -4.79. The second-order valence-corrected chi connectivity index (χ2v) is 18.7. The molecule has 0 aromatic rings. The standard InChI is InChI=1S/C62H95O11P/c1-4-7-10-13-16-19-22-25-28-29-32-33-36-39-42-45-48-51-60(64)69-55-59(73-62(66)53-50-47-44-41-38-35-31-27-24-21-18-15-12-9-6-3)57-71-74(67,68)70-56-58(54-63)72-61(65)52-49-46-43-40-37-34-30-26-23-20-17-14-11-8-5-2/h7-12,16-21,25-28,30-33,37-42,58-59,63H,4-6,13-15,22-24,29,34-36,43-57H2,1-3H3,(H,67,68)/b10-7-,11-8-,12-9-,19-16-,20-17-,21-18-,28-25-,30-26-,31-27-,33-32-,40-37-,41-38-,42-39-. The van der Waals surface area contributed by atoms with Gasteiger partial charge in [0.25, 0.3) is 0 Å². The Labute approximate surface area is 447 Å². The molecule has 0 aliphatic rings. The van der Waals surface area contributed by atoms with Crippen LogP contribution in [0.3, 0.4) is 0 Å². The van der Waals surface area contributed by atoms with Crippen LogP contribution in [0.2, 0.25) is 0 Å². The summed E-state index contributed by atoms with van der Waals surface area (Å²) in [5, 5.41) is 9.80. The maximum Gasteiger partial charge on any atom is 0.472 e. The molecule has 0 fully saturated rings. The summed E-state index contributed by atoms with van der Waals surface area (Å²) in [6.07, 6.45) is 70.8. The smallest absolute Gasteiger partial charge is 0.462 e. The summed E-state index contributed by atoms with van der Waals surface area (Å²) in [5.74, 6) is -1.66. The predicted octanol–water partition coefficient (Wildman–Crippen LogP) is 16.1. The largest absolute Gasteiger partial charge is 0.472 e. The van der Waals surface area contributed by atoms with Crippen molar-refractivity contribution in [3.05, 3.63) is 158 Å². The maximum atomic E-state index is 12.9. The number of esters is 3. The van der Waals surface area contributed by atoms with Crippen molar-refractivity contribution in [2.75, 3.05) is 26.4 Å². The average Bonchev–Trinajstić information content (AvgIpc) is 3.39. The van der Waals surface area contributed by atoms with Crippen LogP contribution in [0.5, 0.6) is 0 Å². The first-order chi connectivity index (χ1) is 36.2. The Balaban J connectivity index is 4.94. The minimum absolute atomic E-state index is 0.0898. The van der Waals surface area contributed by atoms with E-state index in [1.807, 2.05) is 12.2 Å². The van der Waals surface area contributed by atoms with Crippen molar-refractivity contribution >= 4 is 25.7 Å². The van der Waals surface area contributed by atoms with Crippen LogP contribution in [0.4, 0.5) is 0 Å². The van der Waals surface area contributed by atoms with Crippen LogP contribution in [0.1, 0.15) is 175 Å². The van der Waals surface area contributed by atoms with Gasteiger partial charge in [-0.15, -0.1) is 0 Å². The second-order valence-electron chi connectivity index (χ2n) is 17.2. The molecule has 0 rings (SSSR count). The third-order valence-corrected chi connectivity index (χ3v) is 11.4. The number of hydrogen-bond acceptors (Lipinski definition) is 10. The van der Waals surface area contributed by atoms with E-state index < -0.39 is 64.4 Å². The van der Waals surface area contributed by atoms with Crippen molar-refractivity contribution in [2.24, 2.45) is 0 Å². The van der Waals surface area contributed by atoms with E-state index in [1.165, 1.54) is 0 Å². The summed E-state index contributed by atoms with van der Waals surface area (Å²) < 4.78 is 39.3. The van der Waals surface area contributed by atoms with Crippen molar-refractivity contribution in [1.82, 2.24) is 0 Å². The molecule has 0 saturated heterocycles. The molecular formula is C62H95O11P. The Bertz CT molecular complexity index is 1840. The number of ether oxygens (including phenoxy) is 3. The Morgan fingerprint density at radius 1 is 0.378 bits per heavy atom. The van der Waals surface area contributed by atoms with E-state index in [-0.39, 0.29) is 19.3 Å². The number of hydrogen-bond donors (Lipinski definition) is 2. The van der Waals surface area contributed by atoms with Crippen molar-refractivity contribution < 1.29 is 52.2 Å². The fraction of sp³-hybridized carbons (Fsp3) is 0.532. The molecule has 0 saturated carbocycles. The highest BCUT2D eigenvalue weighted by atomic mass is 31.2. The predicted molar refractivity (Wildman–Crippen MR) is 306 cm³/mol. The Morgan fingerprint density at radius 3 is 1.00 bits per heavy atom. The molecule has 2 N–H and O–H groups in total. The molecule has 0 bridgehead atoms. The van der Waals surface area contributed by atoms with Gasteiger partial charge >= 0.3 is 25.7 Å². The van der Waals surface area contributed by atoms with Gasteiger partial charge in [-0.1, -0.05) is 179 Å². The molecule has 3 atom stereocenters. The molecule has 0 aliphatic heterocycles. The quantitative estimate of drug-likeness (QED) is 0.0197. The van der Waals surface area contributed by atoms with Gasteiger partial charge in [0.1, 0.15) is 12.7 Å². The van der Waals surface area contributed by atoms with Crippen LogP contribution in [0.25, 0.3) is 0 Å². The molecule has 3 unspecified atom stereocenters. The lowest BCUT2D eigenvalue weighted by Gasteiger charge is -2.21. The first-order valence-corrected chi connectivity index (χ1v) is 28.9. The number of rotatable bonds is 48. The highest BCUT2D eigenvalue weighted by Gasteiger charge is 2.28. The van der Waals surface area contributed by atoms with E-state index in [4.69, 9.17) is 23.3 Å². The van der Waals surface area contributed by atoms with Gasteiger partial charge in [-0.2, -0.15) is 0 Å². The van der Waals surface area contributed by atoms with Gasteiger partial charge in [0.15, 0.2) is 6.10 Å². The normalized spacial score (nSPS) is 14.6. The third kappa shape index (κ3) is 52.0. The van der Waals surface area contributed by atoms with E-state index >= 15 is 0 Å². The van der Waals surface area contributed by atoms with E-state index in [1.54, 1.807) is 0 Å². The average molecular weight is 1050 g/mol. The summed E-state index contributed by atoms with van der Waals surface area (Å²) in [5.41, 5.74) is 0. The number of carbonyl (C=O) groups excluding carboxylic acids is 3. The molecule has 0 radical (unpaired) electrons. The van der Waals surface area contributed by atoms with Crippen molar-refractivity contribution in [3.8, 4) is 0 Å². The van der Waals surface area contributed by atoms with Gasteiger partial charge in [0, 0.05) is 19.3 Å². The fourth-order valence-corrected chi connectivity index (χ4v) is 7.15.